The number of benzene rings is 2. The number of aryl methyl sites for hydroxylation is 1. The minimum absolute atomic E-state index is 0.0315. The summed E-state index contributed by atoms with van der Waals surface area (Å²) >= 11 is 1.43. The molecule has 3 heterocycles. The van der Waals surface area contributed by atoms with E-state index < -0.39 is 5.79 Å². The zero-order valence-electron chi connectivity index (χ0n) is 17.3. The molecule has 2 aromatic rings. The molecular weight excluding hydrogens is 412 g/mol. The number of hydrogen-bond donors (Lipinski definition) is 1. The van der Waals surface area contributed by atoms with Gasteiger partial charge in [0.1, 0.15) is 0 Å². The standard InChI is InChI=1S/C24H24N2O4S/c1-16-3-2-4-17(13-16)14-21-22(27)25-19-15-18(5-6-20(19)31-21)23(28)26-9-7-24(8-10-26)29-11-12-30-24/h2-6,13-15H,7-12H2,1H3,(H,25,27)/b21-14+. The van der Waals surface area contributed by atoms with Crippen LogP contribution < -0.4 is 5.32 Å². The van der Waals surface area contributed by atoms with Crippen molar-refractivity contribution in [2.75, 3.05) is 31.6 Å². The normalized spacial score (nSPS) is 21.3. The fourth-order valence-corrected chi connectivity index (χ4v) is 5.16. The highest BCUT2D eigenvalue weighted by molar-refractivity contribution is 8.04. The molecule has 1 spiro atoms. The van der Waals surface area contributed by atoms with Crippen molar-refractivity contribution in [1.82, 2.24) is 4.90 Å². The van der Waals surface area contributed by atoms with Gasteiger partial charge in [-0.15, -0.1) is 0 Å². The van der Waals surface area contributed by atoms with Crippen LogP contribution in [-0.2, 0) is 14.3 Å². The zero-order valence-corrected chi connectivity index (χ0v) is 18.2. The van der Waals surface area contributed by atoms with E-state index in [9.17, 15) is 9.59 Å². The average Bonchev–Trinajstić information content (AvgIpc) is 3.22. The molecule has 31 heavy (non-hydrogen) atoms. The number of rotatable bonds is 2. The number of nitrogens with zero attached hydrogens (tertiary/aromatic N) is 1. The number of carbonyl (C=O) groups is 2. The Labute approximate surface area is 185 Å². The molecule has 0 unspecified atom stereocenters. The molecule has 2 saturated heterocycles. The molecule has 0 aliphatic carbocycles. The van der Waals surface area contributed by atoms with Gasteiger partial charge < -0.3 is 19.7 Å². The molecule has 0 aromatic heterocycles. The summed E-state index contributed by atoms with van der Waals surface area (Å²) in [5.74, 6) is -0.688. The molecule has 0 bridgehead atoms. The molecule has 160 valence electrons. The number of ether oxygens (including phenoxy) is 2. The lowest BCUT2D eigenvalue weighted by molar-refractivity contribution is -0.181. The van der Waals surface area contributed by atoms with Crippen LogP contribution in [-0.4, -0.2) is 48.8 Å². The molecule has 0 saturated carbocycles. The summed E-state index contributed by atoms with van der Waals surface area (Å²) in [6.07, 6.45) is 3.26. The first-order valence-corrected chi connectivity index (χ1v) is 11.3. The second kappa shape index (κ2) is 8.15. The molecule has 2 fully saturated rings. The Hall–Kier alpha value is -2.61. The summed E-state index contributed by atoms with van der Waals surface area (Å²) in [6.45, 7) is 4.47. The van der Waals surface area contributed by atoms with E-state index in [2.05, 4.69) is 5.32 Å². The molecule has 3 aliphatic heterocycles. The van der Waals surface area contributed by atoms with Gasteiger partial charge in [0.25, 0.3) is 11.8 Å². The average molecular weight is 437 g/mol. The molecule has 0 radical (unpaired) electrons. The maximum atomic E-state index is 13.0. The lowest BCUT2D eigenvalue weighted by atomic mass is 10.0. The van der Waals surface area contributed by atoms with E-state index in [4.69, 9.17) is 9.47 Å². The first-order valence-electron chi connectivity index (χ1n) is 10.5. The van der Waals surface area contributed by atoms with Gasteiger partial charge in [0, 0.05) is 36.4 Å². The fourth-order valence-electron chi connectivity index (χ4n) is 4.22. The molecule has 7 heteroatoms. The van der Waals surface area contributed by atoms with Crippen molar-refractivity contribution in [3.8, 4) is 0 Å². The van der Waals surface area contributed by atoms with E-state index in [0.29, 0.717) is 55.3 Å². The SMILES string of the molecule is Cc1cccc(/C=C2/Sc3ccc(C(=O)N4CCC5(CC4)OCCO5)cc3NC2=O)c1. The Morgan fingerprint density at radius 2 is 1.90 bits per heavy atom. The molecule has 1 N–H and O–H groups in total. The number of likely N-dealkylation sites (tertiary alicyclic amines) is 1. The van der Waals surface area contributed by atoms with Gasteiger partial charge >= 0.3 is 0 Å². The summed E-state index contributed by atoms with van der Waals surface area (Å²) in [5.41, 5.74) is 3.40. The second-order valence-corrected chi connectivity index (χ2v) is 9.17. The summed E-state index contributed by atoms with van der Waals surface area (Å²) in [7, 11) is 0. The molecule has 2 aromatic carbocycles. The number of amides is 2. The Morgan fingerprint density at radius 1 is 1.13 bits per heavy atom. The van der Waals surface area contributed by atoms with Gasteiger partial charge in [-0.3, -0.25) is 9.59 Å². The Balaban J connectivity index is 1.31. The zero-order chi connectivity index (χ0) is 21.4. The monoisotopic (exact) mass is 436 g/mol. The maximum Gasteiger partial charge on any atom is 0.262 e. The van der Waals surface area contributed by atoms with Crippen LogP contribution in [0.2, 0.25) is 0 Å². The number of fused-ring (bicyclic) bond motifs is 1. The molecule has 6 nitrogen and oxygen atoms in total. The minimum atomic E-state index is -0.503. The number of hydrogen-bond acceptors (Lipinski definition) is 5. The van der Waals surface area contributed by atoms with E-state index >= 15 is 0 Å². The van der Waals surface area contributed by atoms with Crippen LogP contribution >= 0.6 is 11.8 Å². The number of thioether (sulfide) groups is 1. The van der Waals surface area contributed by atoms with E-state index in [1.54, 1.807) is 6.07 Å². The molecule has 3 aliphatic rings. The topological polar surface area (TPSA) is 67.9 Å². The number of piperidine rings is 1. The predicted octanol–water partition coefficient (Wildman–Crippen LogP) is 4.06. The fraction of sp³-hybridized carbons (Fsp3) is 0.333. The van der Waals surface area contributed by atoms with Crippen LogP contribution in [0.3, 0.4) is 0 Å². The van der Waals surface area contributed by atoms with Gasteiger partial charge in [-0.05, 0) is 36.8 Å². The Morgan fingerprint density at radius 3 is 2.65 bits per heavy atom. The molecule has 0 atom stereocenters. The lowest BCUT2D eigenvalue weighted by Gasteiger charge is -2.37. The van der Waals surface area contributed by atoms with Gasteiger partial charge in [-0.2, -0.15) is 0 Å². The largest absolute Gasteiger partial charge is 0.347 e. The first kappa shape index (κ1) is 20.3. The van der Waals surface area contributed by atoms with Gasteiger partial charge in [0.05, 0.1) is 23.8 Å². The predicted molar refractivity (Wildman–Crippen MR) is 120 cm³/mol. The van der Waals surface area contributed by atoms with Gasteiger partial charge in [-0.25, -0.2) is 0 Å². The van der Waals surface area contributed by atoms with E-state index in [0.717, 1.165) is 16.0 Å². The van der Waals surface area contributed by atoms with Crippen molar-refractivity contribution in [3.63, 3.8) is 0 Å². The van der Waals surface area contributed by atoms with Crippen LogP contribution in [0.4, 0.5) is 5.69 Å². The highest BCUT2D eigenvalue weighted by Gasteiger charge is 2.41. The number of anilines is 1. The van der Waals surface area contributed by atoms with Crippen molar-refractivity contribution < 1.29 is 19.1 Å². The summed E-state index contributed by atoms with van der Waals surface area (Å²) in [5, 5.41) is 2.94. The van der Waals surface area contributed by atoms with E-state index in [-0.39, 0.29) is 11.8 Å². The Kier molecular flexibility index (Phi) is 5.33. The number of nitrogens with one attached hydrogen (secondary N) is 1. The summed E-state index contributed by atoms with van der Waals surface area (Å²) in [4.78, 5) is 29.1. The second-order valence-electron chi connectivity index (χ2n) is 8.09. The summed E-state index contributed by atoms with van der Waals surface area (Å²) < 4.78 is 11.5. The molecule has 5 rings (SSSR count). The van der Waals surface area contributed by atoms with Crippen LogP contribution in [0, 0.1) is 6.92 Å². The van der Waals surface area contributed by atoms with Gasteiger partial charge in [0.15, 0.2) is 5.79 Å². The van der Waals surface area contributed by atoms with Crippen LogP contribution in [0.15, 0.2) is 52.3 Å². The first-order chi connectivity index (χ1) is 15.0. The third-order valence-electron chi connectivity index (χ3n) is 5.88. The van der Waals surface area contributed by atoms with Crippen LogP contribution in [0.5, 0.6) is 0 Å². The molecule has 2 amide bonds. The van der Waals surface area contributed by atoms with Crippen molar-refractivity contribution in [2.45, 2.75) is 30.4 Å². The smallest absolute Gasteiger partial charge is 0.262 e. The highest BCUT2D eigenvalue weighted by Crippen LogP contribution is 2.40. The third kappa shape index (κ3) is 4.13. The van der Waals surface area contributed by atoms with Gasteiger partial charge in [0.2, 0.25) is 0 Å². The highest BCUT2D eigenvalue weighted by atomic mass is 32.2. The van der Waals surface area contributed by atoms with Crippen LogP contribution in [0.1, 0.15) is 34.3 Å². The van der Waals surface area contributed by atoms with Crippen molar-refractivity contribution >= 4 is 35.3 Å². The third-order valence-corrected chi connectivity index (χ3v) is 6.98. The van der Waals surface area contributed by atoms with Crippen molar-refractivity contribution in [3.05, 3.63) is 64.1 Å². The van der Waals surface area contributed by atoms with E-state index in [1.165, 1.54) is 11.8 Å². The maximum absolute atomic E-state index is 13.0. The molecular formula is C24H24N2O4S. The minimum Gasteiger partial charge on any atom is -0.347 e. The van der Waals surface area contributed by atoms with Gasteiger partial charge in [-0.1, -0.05) is 41.6 Å². The number of carbonyl (C=O) groups excluding carboxylic acids is 2. The van der Waals surface area contributed by atoms with Crippen molar-refractivity contribution in [1.29, 1.82) is 0 Å². The van der Waals surface area contributed by atoms with E-state index in [1.807, 2.05) is 54.3 Å². The van der Waals surface area contributed by atoms with Crippen molar-refractivity contribution in [2.24, 2.45) is 0 Å². The lowest BCUT2D eigenvalue weighted by Crippen LogP contribution is -2.47. The quantitative estimate of drug-likeness (QED) is 0.719. The Bertz CT molecular complexity index is 1060. The van der Waals surface area contributed by atoms with Crippen LogP contribution in [0.25, 0.3) is 6.08 Å². The summed E-state index contributed by atoms with van der Waals surface area (Å²) in [6, 6.07) is 13.6.